The Hall–Kier alpha value is -1.19. The van der Waals surface area contributed by atoms with Gasteiger partial charge in [0.05, 0.1) is 6.07 Å². The molecule has 0 amide bonds. The zero-order chi connectivity index (χ0) is 13.8. The number of halogens is 2. The summed E-state index contributed by atoms with van der Waals surface area (Å²) >= 11 is 5.50. The molecule has 2 nitrogen and oxygen atoms in total. The lowest BCUT2D eigenvalue weighted by molar-refractivity contribution is 0.0978. The third-order valence-corrected chi connectivity index (χ3v) is 4.41. The zero-order valence-electron chi connectivity index (χ0n) is 9.81. The molecule has 2 rings (SSSR count). The number of carbonyl (C=O) groups is 1. The Morgan fingerprint density at radius 3 is 2.42 bits per heavy atom. The molecule has 19 heavy (non-hydrogen) atoms. The first-order valence-corrected chi connectivity index (χ1v) is 7.45. The Balaban J connectivity index is 2.45. The van der Waals surface area contributed by atoms with E-state index < -0.39 is 5.92 Å². The molecule has 0 aromatic heterocycles. The maximum absolute atomic E-state index is 12.5. The molecular weight excluding hydrogens is 417 g/mol. The molecule has 2 aromatic rings. The van der Waals surface area contributed by atoms with Gasteiger partial charge in [0.2, 0.25) is 0 Å². The Morgan fingerprint density at radius 2 is 1.79 bits per heavy atom. The quantitative estimate of drug-likeness (QED) is 0.534. The third-order valence-electron chi connectivity index (χ3n) is 2.75. The molecule has 94 valence electrons. The largest absolute Gasteiger partial charge is 0.292 e. The van der Waals surface area contributed by atoms with Crippen LogP contribution in [0.4, 0.5) is 0 Å². The maximum atomic E-state index is 12.5. The van der Waals surface area contributed by atoms with Crippen molar-refractivity contribution in [2.45, 2.75) is 5.92 Å². The molecule has 0 fully saturated rings. The van der Waals surface area contributed by atoms with Crippen LogP contribution in [0.2, 0.25) is 0 Å². The standard InChI is InChI=1S/C15H9BrINO/c16-13-7-3-1-5-10(13)12(9-18)15(19)11-6-2-4-8-14(11)17/h1-8,12H. The second-order valence-corrected chi connectivity index (χ2v) is 5.94. The van der Waals surface area contributed by atoms with Crippen LogP contribution in [0.25, 0.3) is 0 Å². The van der Waals surface area contributed by atoms with E-state index in [1.54, 1.807) is 12.1 Å². The lowest BCUT2D eigenvalue weighted by Crippen LogP contribution is -2.13. The van der Waals surface area contributed by atoms with Crippen molar-refractivity contribution in [1.29, 1.82) is 5.26 Å². The van der Waals surface area contributed by atoms with E-state index in [2.05, 4.69) is 44.6 Å². The number of benzene rings is 2. The number of hydrogen-bond acceptors (Lipinski definition) is 2. The third kappa shape index (κ3) is 3.04. The van der Waals surface area contributed by atoms with E-state index >= 15 is 0 Å². The van der Waals surface area contributed by atoms with Gasteiger partial charge in [-0.15, -0.1) is 0 Å². The Labute approximate surface area is 133 Å². The van der Waals surface area contributed by atoms with Gasteiger partial charge >= 0.3 is 0 Å². The molecule has 0 N–H and O–H groups in total. The van der Waals surface area contributed by atoms with Gasteiger partial charge in [-0.3, -0.25) is 4.79 Å². The van der Waals surface area contributed by atoms with E-state index in [1.165, 1.54) is 0 Å². The molecule has 0 bridgehead atoms. The van der Waals surface area contributed by atoms with Crippen LogP contribution in [0, 0.1) is 14.9 Å². The van der Waals surface area contributed by atoms with Crippen LogP contribution >= 0.6 is 38.5 Å². The number of nitrogens with zero attached hydrogens (tertiary/aromatic N) is 1. The molecular formula is C15H9BrINO. The first kappa shape index (κ1) is 14.2. The smallest absolute Gasteiger partial charge is 0.185 e. The van der Waals surface area contributed by atoms with Gasteiger partial charge < -0.3 is 0 Å². The fourth-order valence-corrected chi connectivity index (χ4v) is 2.96. The number of carbonyl (C=O) groups excluding carboxylic acids is 1. The summed E-state index contributed by atoms with van der Waals surface area (Å²) in [5, 5.41) is 9.33. The van der Waals surface area contributed by atoms with Gasteiger partial charge in [-0.05, 0) is 40.3 Å². The van der Waals surface area contributed by atoms with Gasteiger partial charge in [-0.2, -0.15) is 5.26 Å². The van der Waals surface area contributed by atoms with Crippen LogP contribution < -0.4 is 0 Å². The van der Waals surface area contributed by atoms with Gasteiger partial charge in [0.25, 0.3) is 0 Å². The van der Waals surface area contributed by atoms with Crippen LogP contribution in [0.5, 0.6) is 0 Å². The first-order chi connectivity index (χ1) is 9.15. The number of Topliss-reactive ketones (excluding diaryl/α,β-unsaturated/α-hetero) is 1. The molecule has 0 heterocycles. The highest BCUT2D eigenvalue weighted by molar-refractivity contribution is 14.1. The van der Waals surface area contributed by atoms with Crippen molar-refractivity contribution >= 4 is 44.3 Å². The molecule has 0 saturated carbocycles. The minimum atomic E-state index is -0.786. The summed E-state index contributed by atoms with van der Waals surface area (Å²) in [5.41, 5.74) is 1.29. The van der Waals surface area contributed by atoms with Crippen LogP contribution in [-0.2, 0) is 0 Å². The van der Waals surface area contributed by atoms with Gasteiger partial charge in [0.15, 0.2) is 5.78 Å². The number of rotatable bonds is 3. The van der Waals surface area contributed by atoms with Crippen molar-refractivity contribution in [3.8, 4) is 6.07 Å². The first-order valence-electron chi connectivity index (χ1n) is 5.58. The predicted octanol–water partition coefficient (Wildman–Crippen LogP) is 4.54. The minimum absolute atomic E-state index is 0.167. The predicted molar refractivity (Wildman–Crippen MR) is 86.0 cm³/mol. The van der Waals surface area contributed by atoms with Crippen LogP contribution in [0.15, 0.2) is 53.0 Å². The van der Waals surface area contributed by atoms with Crippen LogP contribution in [-0.4, -0.2) is 5.78 Å². The summed E-state index contributed by atoms with van der Waals surface area (Å²) in [6.45, 7) is 0. The SMILES string of the molecule is N#CC(C(=O)c1ccccc1I)c1ccccc1Br. The van der Waals surface area contributed by atoms with Gasteiger partial charge in [0, 0.05) is 13.6 Å². The van der Waals surface area contributed by atoms with Crippen LogP contribution in [0.3, 0.4) is 0 Å². The highest BCUT2D eigenvalue weighted by Crippen LogP contribution is 2.28. The van der Waals surface area contributed by atoms with Crippen molar-refractivity contribution in [2.24, 2.45) is 0 Å². The lowest BCUT2D eigenvalue weighted by Gasteiger charge is -2.11. The number of ketones is 1. The maximum Gasteiger partial charge on any atom is 0.185 e. The molecule has 2 aromatic carbocycles. The monoisotopic (exact) mass is 425 g/mol. The second kappa shape index (κ2) is 6.31. The molecule has 0 aliphatic carbocycles. The molecule has 1 unspecified atom stereocenters. The topological polar surface area (TPSA) is 40.9 Å². The van der Waals surface area contributed by atoms with Gasteiger partial charge in [-0.1, -0.05) is 52.3 Å². The molecule has 4 heteroatoms. The highest BCUT2D eigenvalue weighted by Gasteiger charge is 2.24. The van der Waals surface area contributed by atoms with E-state index in [-0.39, 0.29) is 5.78 Å². The second-order valence-electron chi connectivity index (χ2n) is 3.93. The number of nitriles is 1. The number of hydrogen-bond donors (Lipinski definition) is 0. The van der Waals surface area contributed by atoms with Gasteiger partial charge in [-0.25, -0.2) is 0 Å². The molecule has 0 spiro atoms. The van der Waals surface area contributed by atoms with Crippen molar-refractivity contribution in [1.82, 2.24) is 0 Å². The normalized spacial score (nSPS) is 11.6. The average Bonchev–Trinajstić information content (AvgIpc) is 2.42. The molecule has 0 aliphatic heterocycles. The van der Waals surface area contributed by atoms with E-state index in [1.807, 2.05) is 36.4 Å². The summed E-state index contributed by atoms with van der Waals surface area (Å²) in [5.74, 6) is -0.953. The van der Waals surface area contributed by atoms with Crippen LogP contribution in [0.1, 0.15) is 21.8 Å². The fourth-order valence-electron chi connectivity index (χ4n) is 1.80. The average molecular weight is 426 g/mol. The lowest BCUT2D eigenvalue weighted by atomic mass is 9.92. The van der Waals surface area contributed by atoms with Crippen molar-refractivity contribution in [3.05, 3.63) is 67.7 Å². The van der Waals surface area contributed by atoms with Crippen molar-refractivity contribution in [2.75, 3.05) is 0 Å². The molecule has 0 radical (unpaired) electrons. The van der Waals surface area contributed by atoms with Gasteiger partial charge in [0.1, 0.15) is 5.92 Å². The fraction of sp³-hybridized carbons (Fsp3) is 0.0667. The summed E-state index contributed by atoms with van der Waals surface area (Å²) in [7, 11) is 0. The van der Waals surface area contributed by atoms with Crippen molar-refractivity contribution < 1.29 is 4.79 Å². The van der Waals surface area contributed by atoms with E-state index in [4.69, 9.17) is 0 Å². The summed E-state index contributed by atoms with van der Waals surface area (Å²) in [6, 6.07) is 16.7. The Bertz CT molecular complexity index is 663. The molecule has 0 aliphatic rings. The molecule has 0 saturated heterocycles. The van der Waals surface area contributed by atoms with E-state index in [0.29, 0.717) is 11.1 Å². The summed E-state index contributed by atoms with van der Waals surface area (Å²) in [6.07, 6.45) is 0. The molecule has 1 atom stereocenters. The van der Waals surface area contributed by atoms with Crippen molar-refractivity contribution in [3.63, 3.8) is 0 Å². The summed E-state index contributed by atoms with van der Waals surface area (Å²) in [4.78, 5) is 12.5. The highest BCUT2D eigenvalue weighted by atomic mass is 127. The van der Waals surface area contributed by atoms with E-state index in [9.17, 15) is 10.1 Å². The zero-order valence-corrected chi connectivity index (χ0v) is 13.6. The summed E-state index contributed by atoms with van der Waals surface area (Å²) < 4.78 is 1.64. The Kier molecular flexibility index (Phi) is 4.72. The van der Waals surface area contributed by atoms with E-state index in [0.717, 1.165) is 8.04 Å². The minimum Gasteiger partial charge on any atom is -0.292 e. The Morgan fingerprint density at radius 1 is 1.16 bits per heavy atom.